The third-order valence-electron chi connectivity index (χ3n) is 3.37. The fourth-order valence-corrected chi connectivity index (χ4v) is 3.36. The van der Waals surface area contributed by atoms with Crippen molar-refractivity contribution in [3.8, 4) is 0 Å². The maximum atomic E-state index is 3.71. The van der Waals surface area contributed by atoms with Crippen LogP contribution in [0.3, 0.4) is 0 Å². The molecule has 2 heteroatoms. The number of nitrogens with one attached hydrogen (secondary N) is 1. The molecule has 2 atom stereocenters. The molecule has 1 aliphatic carbocycles. The van der Waals surface area contributed by atoms with E-state index >= 15 is 0 Å². The second-order valence-corrected chi connectivity index (χ2v) is 6.89. The summed E-state index contributed by atoms with van der Waals surface area (Å²) in [6, 6.07) is 9.21. The Morgan fingerprint density at radius 1 is 1.32 bits per heavy atom. The molecule has 0 heterocycles. The van der Waals surface area contributed by atoms with Gasteiger partial charge in [0, 0.05) is 5.69 Å². The first kappa shape index (κ1) is 14.3. The molecule has 1 aromatic rings. The molecule has 102 valence electrons. The highest BCUT2D eigenvalue weighted by Gasteiger charge is 2.13. The van der Waals surface area contributed by atoms with Crippen LogP contribution in [0.15, 0.2) is 48.1 Å². The molecule has 0 saturated carbocycles. The lowest BCUT2D eigenvalue weighted by Crippen LogP contribution is -2.24. The average Bonchev–Trinajstić information content (AvgIpc) is 2.40. The second-order valence-electron chi connectivity index (χ2n) is 5.59. The number of para-hydroxylation sites is 1. The van der Waals surface area contributed by atoms with Crippen molar-refractivity contribution >= 4 is 19.6 Å². The van der Waals surface area contributed by atoms with Gasteiger partial charge < -0.3 is 5.32 Å². The van der Waals surface area contributed by atoms with Crippen LogP contribution in [-0.4, -0.2) is 12.2 Å². The van der Waals surface area contributed by atoms with Crippen molar-refractivity contribution in [3.05, 3.63) is 48.1 Å². The first-order chi connectivity index (χ1) is 9.16. The van der Waals surface area contributed by atoms with Gasteiger partial charge >= 0.3 is 0 Å². The minimum Gasteiger partial charge on any atom is -0.378 e. The van der Waals surface area contributed by atoms with Crippen molar-refractivity contribution < 1.29 is 0 Å². The van der Waals surface area contributed by atoms with Crippen LogP contribution in [0.5, 0.6) is 0 Å². The molecule has 1 aliphatic rings. The summed E-state index contributed by atoms with van der Waals surface area (Å²) >= 11 is 0. The number of rotatable bonds is 5. The van der Waals surface area contributed by atoms with Gasteiger partial charge in [-0.2, -0.15) is 0 Å². The van der Waals surface area contributed by atoms with E-state index < -0.39 is 0 Å². The molecule has 0 bridgehead atoms. The molecule has 1 nitrogen and oxygen atoms in total. The summed E-state index contributed by atoms with van der Waals surface area (Å²) in [7, 11) is 0.897. The number of allylic oxidation sites excluding steroid dienone is 2. The van der Waals surface area contributed by atoms with E-state index in [-0.39, 0.29) is 0 Å². The van der Waals surface area contributed by atoms with E-state index in [0.717, 1.165) is 20.9 Å². The predicted octanol–water partition coefficient (Wildman–Crippen LogP) is 4.33. The SMILES string of the molecule is CC1=CC=CCC1Nc1ccccc1PCC(C)C. The highest BCUT2D eigenvalue weighted by atomic mass is 31.1. The Morgan fingerprint density at radius 3 is 2.84 bits per heavy atom. The normalized spacial score (nSPS) is 19.2. The van der Waals surface area contributed by atoms with Crippen LogP contribution in [0.2, 0.25) is 0 Å². The molecule has 0 radical (unpaired) electrons. The minimum atomic E-state index is 0.454. The van der Waals surface area contributed by atoms with Gasteiger partial charge in [-0.05, 0) is 36.8 Å². The van der Waals surface area contributed by atoms with Crippen molar-refractivity contribution in [1.29, 1.82) is 0 Å². The van der Waals surface area contributed by atoms with E-state index in [9.17, 15) is 0 Å². The van der Waals surface area contributed by atoms with Crippen molar-refractivity contribution in [3.63, 3.8) is 0 Å². The molecular formula is C17H24NP. The van der Waals surface area contributed by atoms with Crippen LogP contribution in [0.25, 0.3) is 0 Å². The highest BCUT2D eigenvalue weighted by Crippen LogP contribution is 2.23. The summed E-state index contributed by atoms with van der Waals surface area (Å²) in [4.78, 5) is 0. The van der Waals surface area contributed by atoms with Crippen LogP contribution >= 0.6 is 8.58 Å². The number of anilines is 1. The molecule has 0 fully saturated rings. The molecular weight excluding hydrogens is 249 g/mol. The Balaban J connectivity index is 2.07. The Morgan fingerprint density at radius 2 is 2.11 bits per heavy atom. The molecule has 0 spiro atoms. The van der Waals surface area contributed by atoms with Gasteiger partial charge in [0.2, 0.25) is 0 Å². The predicted molar refractivity (Wildman–Crippen MR) is 89.0 cm³/mol. The van der Waals surface area contributed by atoms with E-state index in [2.05, 4.69) is 68.6 Å². The lowest BCUT2D eigenvalue weighted by molar-refractivity contribution is 0.749. The van der Waals surface area contributed by atoms with Gasteiger partial charge in [-0.3, -0.25) is 0 Å². The van der Waals surface area contributed by atoms with Crippen LogP contribution in [0.1, 0.15) is 27.2 Å². The van der Waals surface area contributed by atoms with Crippen LogP contribution in [0, 0.1) is 5.92 Å². The standard InChI is InChI=1S/C17H24NP/c1-13(2)12-19-17-11-7-6-10-16(17)18-15-9-5-4-8-14(15)3/h4-8,10-11,13,15,18-19H,9,12H2,1-3H3. The lowest BCUT2D eigenvalue weighted by Gasteiger charge is -2.23. The first-order valence-corrected chi connectivity index (χ1v) is 8.30. The molecule has 0 saturated heterocycles. The molecule has 2 rings (SSSR count). The van der Waals surface area contributed by atoms with Crippen molar-refractivity contribution in [1.82, 2.24) is 0 Å². The Labute approximate surface area is 119 Å². The number of hydrogen-bond acceptors (Lipinski definition) is 1. The summed E-state index contributed by atoms with van der Waals surface area (Å²) in [5, 5.41) is 5.18. The molecule has 1 N–H and O–H groups in total. The topological polar surface area (TPSA) is 12.0 Å². The van der Waals surface area contributed by atoms with Gasteiger partial charge in [-0.25, -0.2) is 0 Å². The first-order valence-electron chi connectivity index (χ1n) is 7.09. The zero-order valence-corrected chi connectivity index (χ0v) is 13.1. The van der Waals surface area contributed by atoms with Crippen LogP contribution in [0.4, 0.5) is 5.69 Å². The maximum Gasteiger partial charge on any atom is 0.0508 e. The minimum absolute atomic E-state index is 0.454. The fourth-order valence-electron chi connectivity index (χ4n) is 2.17. The van der Waals surface area contributed by atoms with Gasteiger partial charge in [0.25, 0.3) is 0 Å². The van der Waals surface area contributed by atoms with Crippen molar-refractivity contribution in [2.24, 2.45) is 5.92 Å². The lowest BCUT2D eigenvalue weighted by atomic mass is 10.0. The molecule has 0 amide bonds. The van der Waals surface area contributed by atoms with E-state index in [0.29, 0.717) is 6.04 Å². The van der Waals surface area contributed by atoms with Gasteiger partial charge in [0.1, 0.15) is 0 Å². The maximum absolute atomic E-state index is 3.71. The second kappa shape index (κ2) is 6.91. The summed E-state index contributed by atoms with van der Waals surface area (Å²) < 4.78 is 0. The monoisotopic (exact) mass is 273 g/mol. The van der Waals surface area contributed by atoms with Gasteiger partial charge in [0.05, 0.1) is 6.04 Å². The zero-order chi connectivity index (χ0) is 13.7. The van der Waals surface area contributed by atoms with Crippen molar-refractivity contribution in [2.75, 3.05) is 11.5 Å². The van der Waals surface area contributed by atoms with E-state index in [1.807, 2.05) is 0 Å². The summed E-state index contributed by atoms with van der Waals surface area (Å²) in [6.45, 7) is 6.80. The summed E-state index contributed by atoms with van der Waals surface area (Å²) in [5.41, 5.74) is 2.74. The Kier molecular flexibility index (Phi) is 5.22. The van der Waals surface area contributed by atoms with Gasteiger partial charge in [-0.1, -0.05) is 64.4 Å². The van der Waals surface area contributed by atoms with Crippen LogP contribution < -0.4 is 10.6 Å². The third-order valence-corrected chi connectivity index (χ3v) is 5.21. The third kappa shape index (κ3) is 4.21. The van der Waals surface area contributed by atoms with Crippen LogP contribution in [-0.2, 0) is 0 Å². The average molecular weight is 273 g/mol. The molecule has 19 heavy (non-hydrogen) atoms. The highest BCUT2D eigenvalue weighted by molar-refractivity contribution is 7.47. The summed E-state index contributed by atoms with van der Waals surface area (Å²) in [5.74, 6) is 0.769. The Hall–Kier alpha value is -1.07. The van der Waals surface area contributed by atoms with E-state index in [4.69, 9.17) is 0 Å². The molecule has 2 unspecified atom stereocenters. The van der Waals surface area contributed by atoms with Crippen molar-refractivity contribution in [2.45, 2.75) is 33.2 Å². The van der Waals surface area contributed by atoms with E-state index in [1.54, 1.807) is 0 Å². The van der Waals surface area contributed by atoms with Gasteiger partial charge in [-0.15, -0.1) is 0 Å². The Bertz CT molecular complexity index is 474. The number of benzene rings is 1. The largest absolute Gasteiger partial charge is 0.378 e. The summed E-state index contributed by atoms with van der Waals surface area (Å²) in [6.07, 6.45) is 8.96. The zero-order valence-electron chi connectivity index (χ0n) is 12.1. The number of hydrogen-bond donors (Lipinski definition) is 1. The van der Waals surface area contributed by atoms with Gasteiger partial charge in [0.15, 0.2) is 0 Å². The molecule has 0 aliphatic heterocycles. The quantitative estimate of drug-likeness (QED) is 0.787. The molecule has 0 aromatic heterocycles. The smallest absolute Gasteiger partial charge is 0.0508 e. The fraction of sp³-hybridized carbons (Fsp3) is 0.412. The van der Waals surface area contributed by atoms with E-state index in [1.165, 1.54) is 22.7 Å². The molecule has 1 aromatic carbocycles.